The lowest BCUT2D eigenvalue weighted by Gasteiger charge is -2.13. The number of nitrogens with one attached hydrogen (secondary N) is 2. The standard InChI is InChI=1S/C11H19N3S5.C5H7N3S3/c15-3-7(4-16)1-9-12-10(14-11(19)13-9)2-8(5-17)6-18;9-1-3-6-4(2-10)8-5(11)7-3/h7-8,15-18H,1-6H2,(H,12,13,14,19);9-10H,1-2H2,(H,6,7,8,11). The van der Waals surface area contributed by atoms with Gasteiger partial charge in [-0.1, -0.05) is 0 Å². The number of H-pyrrole nitrogens is 2. The van der Waals surface area contributed by atoms with Crippen molar-refractivity contribution in [2.24, 2.45) is 11.8 Å². The van der Waals surface area contributed by atoms with Gasteiger partial charge >= 0.3 is 0 Å². The number of hydrogen-bond donors (Lipinski definition) is 8. The Morgan fingerprint density at radius 1 is 0.567 bits per heavy atom. The van der Waals surface area contributed by atoms with Crippen molar-refractivity contribution < 1.29 is 0 Å². The van der Waals surface area contributed by atoms with E-state index in [1.165, 1.54) is 0 Å². The van der Waals surface area contributed by atoms with Crippen LogP contribution >= 0.6 is 100 Å². The number of aromatic amines is 2. The summed E-state index contributed by atoms with van der Waals surface area (Å²) in [7, 11) is 0. The lowest BCUT2D eigenvalue weighted by molar-refractivity contribution is 0.604. The van der Waals surface area contributed by atoms with E-state index >= 15 is 0 Å². The van der Waals surface area contributed by atoms with E-state index < -0.39 is 0 Å². The molecule has 0 aliphatic rings. The first-order chi connectivity index (χ1) is 14.4. The Bertz CT molecular complexity index is 805. The van der Waals surface area contributed by atoms with Crippen LogP contribution in [-0.4, -0.2) is 52.9 Å². The summed E-state index contributed by atoms with van der Waals surface area (Å²) in [5.74, 6) is 8.13. The van der Waals surface area contributed by atoms with Crippen molar-refractivity contribution in [1.29, 1.82) is 0 Å². The van der Waals surface area contributed by atoms with Crippen LogP contribution in [0.1, 0.15) is 23.3 Å². The zero-order valence-electron chi connectivity index (χ0n) is 16.1. The van der Waals surface area contributed by atoms with Crippen LogP contribution in [0, 0.1) is 21.4 Å². The van der Waals surface area contributed by atoms with Gasteiger partial charge in [-0.2, -0.15) is 75.8 Å². The predicted molar refractivity (Wildman–Crippen MR) is 150 cm³/mol. The lowest BCUT2D eigenvalue weighted by Crippen LogP contribution is -2.15. The van der Waals surface area contributed by atoms with Gasteiger partial charge in [0.05, 0.1) is 0 Å². The molecule has 0 fully saturated rings. The van der Waals surface area contributed by atoms with E-state index in [4.69, 9.17) is 24.4 Å². The van der Waals surface area contributed by atoms with Crippen LogP contribution in [0.15, 0.2) is 0 Å². The van der Waals surface area contributed by atoms with Crippen molar-refractivity contribution >= 4 is 100 Å². The van der Waals surface area contributed by atoms with E-state index in [9.17, 15) is 0 Å². The second-order valence-corrected chi connectivity index (χ2v) is 9.06. The molecule has 14 heteroatoms. The second kappa shape index (κ2) is 16.2. The fraction of sp³-hybridized carbons (Fsp3) is 0.625. The molecular weight excluding hydrogens is 533 g/mol. The fourth-order valence-electron chi connectivity index (χ4n) is 2.22. The molecule has 0 spiro atoms. The van der Waals surface area contributed by atoms with E-state index in [1.54, 1.807) is 0 Å². The van der Waals surface area contributed by atoms with E-state index in [0.29, 0.717) is 32.9 Å². The summed E-state index contributed by atoms with van der Waals surface area (Å²) in [4.78, 5) is 22.6. The highest BCUT2D eigenvalue weighted by Gasteiger charge is 2.11. The summed E-state index contributed by atoms with van der Waals surface area (Å²) >= 11 is 35.3. The summed E-state index contributed by atoms with van der Waals surface area (Å²) in [6.07, 6.45) is 1.58. The van der Waals surface area contributed by atoms with Crippen LogP contribution in [0.4, 0.5) is 0 Å². The van der Waals surface area contributed by atoms with Crippen LogP contribution in [0.25, 0.3) is 0 Å². The molecule has 2 aromatic rings. The molecule has 2 aromatic heterocycles. The summed E-state index contributed by atoms with van der Waals surface area (Å²) in [6.45, 7) is 0. The number of aromatic nitrogens is 6. The Labute approximate surface area is 220 Å². The minimum absolute atomic E-state index is 0.344. The van der Waals surface area contributed by atoms with Crippen molar-refractivity contribution in [3.05, 3.63) is 32.8 Å². The normalized spacial score (nSPS) is 10.9. The number of rotatable bonds is 10. The molecule has 2 rings (SSSR count). The number of nitrogens with zero attached hydrogens (tertiary/aromatic N) is 4. The minimum atomic E-state index is 0.344. The second-order valence-electron chi connectivity index (χ2n) is 6.24. The van der Waals surface area contributed by atoms with E-state index in [2.05, 4.69) is 106 Å². The monoisotopic (exact) mass is 558 g/mol. The molecule has 0 bridgehead atoms. The molecule has 0 atom stereocenters. The van der Waals surface area contributed by atoms with Gasteiger partial charge in [0.2, 0.25) is 9.54 Å². The molecule has 2 N–H and O–H groups in total. The highest BCUT2D eigenvalue weighted by molar-refractivity contribution is 7.81. The van der Waals surface area contributed by atoms with Crippen LogP contribution in [0.3, 0.4) is 0 Å². The van der Waals surface area contributed by atoms with E-state index in [0.717, 1.165) is 59.2 Å². The van der Waals surface area contributed by atoms with Crippen molar-refractivity contribution in [3.8, 4) is 0 Å². The highest BCUT2D eigenvalue weighted by atomic mass is 32.1. The molecule has 0 saturated carbocycles. The van der Waals surface area contributed by atoms with Gasteiger partial charge in [-0.25, -0.2) is 19.9 Å². The SMILES string of the molecule is S=c1nc(CC(CS)CS)[nH]c(CC(CS)CS)n1.S=c1nc(CS)[nH]c(CS)n1. The summed E-state index contributed by atoms with van der Waals surface area (Å²) in [5, 5.41) is 0. The summed E-state index contributed by atoms with van der Waals surface area (Å²) < 4.78 is 0.731. The van der Waals surface area contributed by atoms with E-state index in [1.807, 2.05) is 0 Å². The highest BCUT2D eigenvalue weighted by Crippen LogP contribution is 2.12. The number of hydrogen-bond acceptors (Lipinski definition) is 12. The zero-order chi connectivity index (χ0) is 22.5. The van der Waals surface area contributed by atoms with Crippen LogP contribution in [0.5, 0.6) is 0 Å². The van der Waals surface area contributed by atoms with Crippen molar-refractivity contribution in [3.63, 3.8) is 0 Å². The maximum atomic E-state index is 5.12. The van der Waals surface area contributed by atoms with Gasteiger partial charge in [-0.15, -0.1) is 0 Å². The quantitative estimate of drug-likeness (QED) is 0.167. The lowest BCUT2D eigenvalue weighted by atomic mass is 10.1. The zero-order valence-corrected chi connectivity index (χ0v) is 23.1. The summed E-state index contributed by atoms with van der Waals surface area (Å²) in [5.41, 5.74) is 0. The van der Waals surface area contributed by atoms with Gasteiger partial charge in [0.1, 0.15) is 23.3 Å². The average Bonchev–Trinajstić information content (AvgIpc) is 2.75. The van der Waals surface area contributed by atoms with Crippen LogP contribution in [-0.2, 0) is 24.3 Å². The Morgan fingerprint density at radius 3 is 1.17 bits per heavy atom. The Kier molecular flexibility index (Phi) is 15.5. The smallest absolute Gasteiger partial charge is 0.222 e. The Morgan fingerprint density at radius 2 is 0.867 bits per heavy atom. The maximum absolute atomic E-state index is 5.12. The van der Waals surface area contributed by atoms with Gasteiger partial charge in [-0.3, -0.25) is 0 Å². The molecule has 30 heavy (non-hydrogen) atoms. The minimum Gasteiger partial charge on any atom is -0.332 e. The predicted octanol–water partition coefficient (Wildman–Crippen LogP) is 3.96. The topological polar surface area (TPSA) is 83.1 Å². The first-order valence-corrected chi connectivity index (χ1v) is 13.6. The summed E-state index contributed by atoms with van der Waals surface area (Å²) in [6, 6.07) is 0. The third-order valence-corrected chi connectivity index (χ3v) is 6.83. The third-order valence-electron chi connectivity index (χ3n) is 3.80. The van der Waals surface area contributed by atoms with Gasteiger partial charge in [0.25, 0.3) is 0 Å². The molecule has 0 amide bonds. The Balaban J connectivity index is 0.000000346. The molecular formula is C16H26N6S8. The van der Waals surface area contributed by atoms with Gasteiger partial charge in [0.15, 0.2) is 0 Å². The maximum Gasteiger partial charge on any atom is 0.222 e. The van der Waals surface area contributed by atoms with Gasteiger partial charge in [-0.05, 0) is 59.3 Å². The third kappa shape index (κ3) is 10.9. The van der Waals surface area contributed by atoms with Crippen molar-refractivity contribution in [2.45, 2.75) is 24.3 Å². The molecule has 2 heterocycles. The molecule has 0 radical (unpaired) electrons. The number of thiol groups is 6. The molecule has 0 saturated heterocycles. The Hall–Kier alpha value is 0.560. The van der Waals surface area contributed by atoms with Crippen molar-refractivity contribution in [1.82, 2.24) is 29.9 Å². The average molecular weight is 559 g/mol. The van der Waals surface area contributed by atoms with Crippen LogP contribution in [0.2, 0.25) is 0 Å². The molecule has 0 unspecified atom stereocenters. The van der Waals surface area contributed by atoms with Gasteiger partial charge in [0, 0.05) is 24.3 Å². The van der Waals surface area contributed by atoms with Crippen LogP contribution < -0.4 is 0 Å². The molecule has 0 aromatic carbocycles. The fourth-order valence-corrected chi connectivity index (χ4v) is 4.40. The molecule has 0 aliphatic carbocycles. The molecule has 0 aliphatic heterocycles. The largest absolute Gasteiger partial charge is 0.332 e. The van der Waals surface area contributed by atoms with Gasteiger partial charge < -0.3 is 9.97 Å². The van der Waals surface area contributed by atoms with E-state index in [-0.39, 0.29) is 0 Å². The molecule has 6 nitrogen and oxygen atoms in total. The molecule has 168 valence electrons. The first kappa shape index (κ1) is 28.6. The first-order valence-electron chi connectivity index (χ1n) is 8.96. The van der Waals surface area contributed by atoms with Crippen molar-refractivity contribution in [2.75, 3.05) is 23.0 Å².